The molecule has 0 unspecified atom stereocenters. The van der Waals surface area contributed by atoms with E-state index < -0.39 is 0 Å². The van der Waals surface area contributed by atoms with Crippen LogP contribution >= 0.6 is 0 Å². The van der Waals surface area contributed by atoms with Crippen LogP contribution in [0.2, 0.25) is 0 Å². The SMILES string of the molecule is Cc1ccc(-c2nc(CCNC(=O)c3cccc(C#N)c3)co2)cc1. The molecule has 0 radical (unpaired) electrons. The van der Waals surface area contributed by atoms with Crippen LogP contribution in [0.5, 0.6) is 0 Å². The van der Waals surface area contributed by atoms with Gasteiger partial charge in [0.1, 0.15) is 6.26 Å². The van der Waals surface area contributed by atoms with Gasteiger partial charge in [0, 0.05) is 24.1 Å². The fourth-order valence-corrected chi connectivity index (χ4v) is 2.39. The molecule has 124 valence electrons. The third kappa shape index (κ3) is 4.12. The van der Waals surface area contributed by atoms with E-state index in [1.807, 2.05) is 37.3 Å². The number of oxazole rings is 1. The molecule has 0 bridgehead atoms. The number of carbonyl (C=O) groups excluding carboxylic acids is 1. The van der Waals surface area contributed by atoms with E-state index in [1.54, 1.807) is 30.5 Å². The Morgan fingerprint density at radius 3 is 2.80 bits per heavy atom. The van der Waals surface area contributed by atoms with E-state index in [-0.39, 0.29) is 5.91 Å². The van der Waals surface area contributed by atoms with Crippen LogP contribution in [-0.4, -0.2) is 17.4 Å². The van der Waals surface area contributed by atoms with Crippen molar-refractivity contribution in [1.82, 2.24) is 10.3 Å². The second kappa shape index (κ2) is 7.45. The molecule has 0 saturated carbocycles. The lowest BCUT2D eigenvalue weighted by molar-refractivity contribution is 0.0954. The van der Waals surface area contributed by atoms with Gasteiger partial charge in [-0.15, -0.1) is 0 Å². The lowest BCUT2D eigenvalue weighted by atomic mass is 10.1. The molecule has 3 aromatic rings. The van der Waals surface area contributed by atoms with Gasteiger partial charge in [-0.2, -0.15) is 5.26 Å². The molecular weight excluding hydrogens is 314 g/mol. The third-order valence-corrected chi connectivity index (χ3v) is 3.77. The number of rotatable bonds is 5. The number of hydrogen-bond acceptors (Lipinski definition) is 4. The zero-order chi connectivity index (χ0) is 17.6. The van der Waals surface area contributed by atoms with Gasteiger partial charge in [0.05, 0.1) is 17.3 Å². The van der Waals surface area contributed by atoms with E-state index in [1.165, 1.54) is 5.56 Å². The van der Waals surface area contributed by atoms with Crippen LogP contribution in [0.1, 0.15) is 27.2 Å². The van der Waals surface area contributed by atoms with Crippen LogP contribution in [0.25, 0.3) is 11.5 Å². The third-order valence-electron chi connectivity index (χ3n) is 3.77. The maximum absolute atomic E-state index is 12.1. The Morgan fingerprint density at radius 2 is 2.04 bits per heavy atom. The van der Waals surface area contributed by atoms with E-state index in [0.29, 0.717) is 30.0 Å². The molecule has 1 amide bonds. The Hall–Kier alpha value is -3.39. The van der Waals surface area contributed by atoms with Crippen molar-refractivity contribution in [3.05, 3.63) is 77.2 Å². The molecule has 0 aliphatic rings. The van der Waals surface area contributed by atoms with Crippen LogP contribution in [-0.2, 0) is 6.42 Å². The van der Waals surface area contributed by atoms with Crippen molar-refractivity contribution in [3.63, 3.8) is 0 Å². The lowest BCUT2D eigenvalue weighted by Crippen LogP contribution is -2.25. The molecule has 0 spiro atoms. The van der Waals surface area contributed by atoms with E-state index in [9.17, 15) is 4.79 Å². The van der Waals surface area contributed by atoms with Crippen molar-refractivity contribution in [2.75, 3.05) is 6.54 Å². The molecule has 1 heterocycles. The first kappa shape index (κ1) is 16.5. The molecule has 25 heavy (non-hydrogen) atoms. The van der Waals surface area contributed by atoms with Crippen molar-refractivity contribution in [2.24, 2.45) is 0 Å². The highest BCUT2D eigenvalue weighted by Crippen LogP contribution is 2.19. The highest BCUT2D eigenvalue weighted by Gasteiger charge is 2.09. The minimum absolute atomic E-state index is 0.209. The van der Waals surface area contributed by atoms with Crippen LogP contribution in [0, 0.1) is 18.3 Å². The Labute approximate surface area is 145 Å². The summed E-state index contributed by atoms with van der Waals surface area (Å²) in [6.07, 6.45) is 2.18. The van der Waals surface area contributed by atoms with E-state index in [0.717, 1.165) is 11.3 Å². The second-order valence-corrected chi connectivity index (χ2v) is 5.71. The van der Waals surface area contributed by atoms with E-state index in [2.05, 4.69) is 10.3 Å². The molecule has 5 nitrogen and oxygen atoms in total. The molecule has 5 heteroatoms. The van der Waals surface area contributed by atoms with Gasteiger partial charge >= 0.3 is 0 Å². The highest BCUT2D eigenvalue weighted by molar-refractivity contribution is 5.94. The van der Waals surface area contributed by atoms with Crippen molar-refractivity contribution in [1.29, 1.82) is 5.26 Å². The van der Waals surface area contributed by atoms with E-state index in [4.69, 9.17) is 9.68 Å². The van der Waals surface area contributed by atoms with Crippen LogP contribution in [0.15, 0.2) is 59.2 Å². The van der Waals surface area contributed by atoms with Gasteiger partial charge in [-0.1, -0.05) is 23.8 Å². The molecule has 0 saturated heterocycles. The summed E-state index contributed by atoms with van der Waals surface area (Å²) in [4.78, 5) is 16.5. The standard InChI is InChI=1S/C20H17N3O2/c1-14-5-7-16(8-6-14)20-23-18(13-25-20)9-10-22-19(24)17-4-2-3-15(11-17)12-21/h2-8,11,13H,9-10H2,1H3,(H,22,24). The largest absolute Gasteiger partial charge is 0.444 e. The summed E-state index contributed by atoms with van der Waals surface area (Å²) in [5.41, 5.74) is 3.82. The number of benzene rings is 2. The first-order valence-corrected chi connectivity index (χ1v) is 7.95. The number of aromatic nitrogens is 1. The Balaban J connectivity index is 1.56. The van der Waals surface area contributed by atoms with Crippen molar-refractivity contribution >= 4 is 5.91 Å². The molecule has 0 fully saturated rings. The summed E-state index contributed by atoms with van der Waals surface area (Å²) in [5, 5.41) is 11.7. The van der Waals surface area contributed by atoms with Crippen molar-refractivity contribution in [3.8, 4) is 17.5 Å². The molecule has 2 aromatic carbocycles. The van der Waals surface area contributed by atoms with Gasteiger partial charge in [0.25, 0.3) is 5.91 Å². The summed E-state index contributed by atoms with van der Waals surface area (Å²) >= 11 is 0. The highest BCUT2D eigenvalue weighted by atomic mass is 16.3. The molecular formula is C20H17N3O2. The molecule has 0 aliphatic carbocycles. The first-order valence-electron chi connectivity index (χ1n) is 7.95. The average Bonchev–Trinajstić information content (AvgIpc) is 3.11. The molecule has 0 aliphatic heterocycles. The zero-order valence-electron chi connectivity index (χ0n) is 13.8. The number of nitrogens with one attached hydrogen (secondary N) is 1. The van der Waals surface area contributed by atoms with Gasteiger partial charge < -0.3 is 9.73 Å². The van der Waals surface area contributed by atoms with Gasteiger partial charge in [-0.25, -0.2) is 4.98 Å². The number of aryl methyl sites for hydroxylation is 1. The zero-order valence-corrected chi connectivity index (χ0v) is 13.8. The molecule has 1 aromatic heterocycles. The van der Waals surface area contributed by atoms with Crippen molar-refractivity contribution in [2.45, 2.75) is 13.3 Å². The number of carbonyl (C=O) groups is 1. The average molecular weight is 331 g/mol. The summed E-state index contributed by atoms with van der Waals surface area (Å²) in [7, 11) is 0. The first-order chi connectivity index (χ1) is 12.2. The quantitative estimate of drug-likeness (QED) is 0.776. The van der Waals surface area contributed by atoms with E-state index >= 15 is 0 Å². The van der Waals surface area contributed by atoms with Crippen LogP contribution < -0.4 is 5.32 Å². The van der Waals surface area contributed by atoms with Gasteiger partial charge in [-0.3, -0.25) is 4.79 Å². The number of nitrogens with zero attached hydrogens (tertiary/aromatic N) is 2. The summed E-state index contributed by atoms with van der Waals surface area (Å²) < 4.78 is 5.50. The van der Waals surface area contributed by atoms with Gasteiger partial charge in [-0.05, 0) is 37.3 Å². The monoisotopic (exact) mass is 331 g/mol. The normalized spacial score (nSPS) is 10.2. The number of amides is 1. The van der Waals surface area contributed by atoms with Crippen LogP contribution in [0.3, 0.4) is 0 Å². The fourth-order valence-electron chi connectivity index (χ4n) is 2.39. The van der Waals surface area contributed by atoms with Gasteiger partial charge in [0.2, 0.25) is 5.89 Å². The molecule has 0 atom stereocenters. The van der Waals surface area contributed by atoms with Crippen LogP contribution in [0.4, 0.5) is 0 Å². The predicted molar refractivity (Wildman–Crippen MR) is 93.9 cm³/mol. The molecule has 3 rings (SSSR count). The summed E-state index contributed by atoms with van der Waals surface area (Å²) in [6.45, 7) is 2.47. The topological polar surface area (TPSA) is 78.9 Å². The second-order valence-electron chi connectivity index (χ2n) is 5.71. The van der Waals surface area contributed by atoms with Gasteiger partial charge in [0.15, 0.2) is 0 Å². The number of hydrogen-bond donors (Lipinski definition) is 1. The predicted octanol–water partition coefficient (Wildman–Crippen LogP) is 3.49. The lowest BCUT2D eigenvalue weighted by Gasteiger charge is -2.04. The Morgan fingerprint density at radius 1 is 1.24 bits per heavy atom. The summed E-state index contributed by atoms with van der Waals surface area (Å²) in [5.74, 6) is 0.363. The summed E-state index contributed by atoms with van der Waals surface area (Å²) in [6, 6.07) is 16.6. The number of nitriles is 1. The minimum atomic E-state index is -0.209. The maximum atomic E-state index is 12.1. The van der Waals surface area contributed by atoms with Crippen molar-refractivity contribution < 1.29 is 9.21 Å². The fraction of sp³-hybridized carbons (Fsp3) is 0.150. The smallest absolute Gasteiger partial charge is 0.251 e. The Kier molecular flexibility index (Phi) is 4.91. The molecule has 1 N–H and O–H groups in total. The Bertz CT molecular complexity index is 921. The minimum Gasteiger partial charge on any atom is -0.444 e. The maximum Gasteiger partial charge on any atom is 0.251 e.